The Balaban J connectivity index is 1.41. The Morgan fingerprint density at radius 1 is 1.13 bits per heavy atom. The summed E-state index contributed by atoms with van der Waals surface area (Å²) in [6.07, 6.45) is 4.37. The highest BCUT2D eigenvalue weighted by Gasteiger charge is 2.23. The van der Waals surface area contributed by atoms with Crippen molar-refractivity contribution < 1.29 is 4.79 Å². The van der Waals surface area contributed by atoms with Crippen molar-refractivity contribution in [2.24, 2.45) is 0 Å². The van der Waals surface area contributed by atoms with Crippen molar-refractivity contribution in [1.82, 2.24) is 19.7 Å². The third-order valence-corrected chi connectivity index (χ3v) is 6.06. The van der Waals surface area contributed by atoms with Gasteiger partial charge in [-0.25, -0.2) is 4.98 Å². The number of hydrogen-bond donors (Lipinski definition) is 0. The summed E-state index contributed by atoms with van der Waals surface area (Å²) in [6, 6.07) is 0. The van der Waals surface area contributed by atoms with E-state index in [0.717, 1.165) is 45.8 Å². The lowest BCUT2D eigenvalue weighted by atomic mass is 10.2. The van der Waals surface area contributed by atoms with E-state index in [1.807, 2.05) is 22.4 Å². The molecule has 0 spiro atoms. The van der Waals surface area contributed by atoms with Gasteiger partial charge in [0, 0.05) is 50.3 Å². The summed E-state index contributed by atoms with van der Waals surface area (Å²) in [5.41, 5.74) is 0. The smallest absolute Gasteiger partial charge is 0.236 e. The molecule has 1 amide bonds. The molecular formula is C17H28N4OS. The standard InChI is InChI=1S/C17H28N4OS/c1-14(2)15-11-18-16(23-15)12-19-7-9-20(10-8-19)13-17(22)21-5-3-4-6-21/h11,14H,3-10,12-13H2,1-2H3. The second-order valence-corrected chi connectivity index (χ2v) is 8.10. The zero-order chi connectivity index (χ0) is 16.2. The first kappa shape index (κ1) is 16.9. The first-order chi connectivity index (χ1) is 11.1. The Labute approximate surface area is 143 Å². The average Bonchev–Trinajstić information content (AvgIpc) is 3.20. The average molecular weight is 337 g/mol. The van der Waals surface area contributed by atoms with Crippen LogP contribution < -0.4 is 0 Å². The van der Waals surface area contributed by atoms with Gasteiger partial charge in [-0.05, 0) is 18.8 Å². The van der Waals surface area contributed by atoms with Crippen LogP contribution in [0.2, 0.25) is 0 Å². The molecule has 2 aliphatic heterocycles. The second-order valence-electron chi connectivity index (χ2n) is 6.95. The Kier molecular flexibility index (Phi) is 5.67. The molecule has 3 rings (SSSR count). The van der Waals surface area contributed by atoms with Crippen molar-refractivity contribution in [1.29, 1.82) is 0 Å². The molecule has 0 atom stereocenters. The van der Waals surface area contributed by atoms with Crippen LogP contribution in [-0.4, -0.2) is 71.4 Å². The van der Waals surface area contributed by atoms with Crippen LogP contribution in [0.4, 0.5) is 0 Å². The summed E-state index contributed by atoms with van der Waals surface area (Å²) >= 11 is 1.84. The van der Waals surface area contributed by atoms with E-state index in [1.165, 1.54) is 22.7 Å². The Bertz CT molecular complexity index is 516. The van der Waals surface area contributed by atoms with E-state index < -0.39 is 0 Å². The SMILES string of the molecule is CC(C)c1cnc(CN2CCN(CC(=O)N3CCCC3)CC2)s1. The molecule has 2 fully saturated rings. The molecule has 0 bridgehead atoms. The van der Waals surface area contributed by atoms with Crippen LogP contribution in [0.3, 0.4) is 0 Å². The third-order valence-electron chi connectivity index (χ3n) is 4.78. The lowest BCUT2D eigenvalue weighted by Crippen LogP contribution is -2.49. The molecule has 1 aromatic rings. The van der Waals surface area contributed by atoms with E-state index >= 15 is 0 Å². The summed E-state index contributed by atoms with van der Waals surface area (Å²) in [7, 11) is 0. The van der Waals surface area contributed by atoms with E-state index in [9.17, 15) is 4.79 Å². The molecule has 23 heavy (non-hydrogen) atoms. The van der Waals surface area contributed by atoms with Gasteiger partial charge in [-0.15, -0.1) is 11.3 Å². The fourth-order valence-electron chi connectivity index (χ4n) is 3.22. The molecule has 0 saturated carbocycles. The lowest BCUT2D eigenvalue weighted by Gasteiger charge is -2.34. The van der Waals surface area contributed by atoms with E-state index in [1.54, 1.807) is 0 Å². The van der Waals surface area contributed by atoms with Crippen LogP contribution in [-0.2, 0) is 11.3 Å². The molecule has 128 valence electrons. The predicted molar refractivity (Wildman–Crippen MR) is 93.7 cm³/mol. The van der Waals surface area contributed by atoms with Crippen LogP contribution in [0.1, 0.15) is 42.5 Å². The summed E-state index contributed by atoms with van der Waals surface area (Å²) in [4.78, 5) is 24.9. The summed E-state index contributed by atoms with van der Waals surface area (Å²) in [5.74, 6) is 0.882. The van der Waals surface area contributed by atoms with Crippen molar-refractivity contribution in [3.05, 3.63) is 16.1 Å². The number of carbonyl (C=O) groups excluding carboxylic acids is 1. The molecule has 5 nitrogen and oxygen atoms in total. The van der Waals surface area contributed by atoms with E-state index in [-0.39, 0.29) is 0 Å². The number of rotatable bonds is 5. The lowest BCUT2D eigenvalue weighted by molar-refractivity contribution is -0.131. The number of carbonyl (C=O) groups is 1. The number of amides is 1. The molecule has 0 radical (unpaired) electrons. The molecule has 0 N–H and O–H groups in total. The highest BCUT2D eigenvalue weighted by molar-refractivity contribution is 7.11. The zero-order valence-electron chi connectivity index (χ0n) is 14.3. The highest BCUT2D eigenvalue weighted by Crippen LogP contribution is 2.23. The molecular weight excluding hydrogens is 308 g/mol. The summed E-state index contributed by atoms with van der Waals surface area (Å²) in [6.45, 7) is 11.9. The van der Waals surface area contributed by atoms with Gasteiger partial charge in [0.1, 0.15) is 5.01 Å². The minimum absolute atomic E-state index is 0.317. The van der Waals surface area contributed by atoms with E-state index in [4.69, 9.17) is 0 Å². The van der Waals surface area contributed by atoms with Gasteiger partial charge in [0.2, 0.25) is 5.91 Å². The fourth-order valence-corrected chi connectivity index (χ4v) is 4.18. The van der Waals surface area contributed by atoms with Gasteiger partial charge in [-0.2, -0.15) is 0 Å². The number of likely N-dealkylation sites (tertiary alicyclic amines) is 1. The number of piperazine rings is 1. The zero-order valence-corrected chi connectivity index (χ0v) is 15.1. The van der Waals surface area contributed by atoms with Gasteiger partial charge >= 0.3 is 0 Å². The molecule has 2 saturated heterocycles. The number of hydrogen-bond acceptors (Lipinski definition) is 5. The first-order valence-electron chi connectivity index (χ1n) is 8.79. The van der Waals surface area contributed by atoms with Crippen molar-refractivity contribution in [2.45, 2.75) is 39.2 Å². The van der Waals surface area contributed by atoms with Crippen LogP contribution in [0.25, 0.3) is 0 Å². The van der Waals surface area contributed by atoms with Gasteiger partial charge in [0.05, 0.1) is 13.1 Å². The van der Waals surface area contributed by atoms with Gasteiger partial charge in [-0.1, -0.05) is 13.8 Å². The maximum Gasteiger partial charge on any atom is 0.236 e. The molecule has 0 aliphatic carbocycles. The first-order valence-corrected chi connectivity index (χ1v) is 9.60. The maximum atomic E-state index is 12.2. The Hall–Kier alpha value is -0.980. The van der Waals surface area contributed by atoms with Gasteiger partial charge in [0.25, 0.3) is 0 Å². The molecule has 0 aromatic carbocycles. The van der Waals surface area contributed by atoms with E-state index in [2.05, 4.69) is 28.6 Å². The molecule has 0 unspecified atom stereocenters. The number of thiazole rings is 1. The van der Waals surface area contributed by atoms with Crippen molar-refractivity contribution in [3.8, 4) is 0 Å². The Morgan fingerprint density at radius 2 is 1.78 bits per heavy atom. The summed E-state index contributed by atoms with van der Waals surface area (Å²) < 4.78 is 0. The van der Waals surface area contributed by atoms with Gasteiger partial charge in [0.15, 0.2) is 0 Å². The van der Waals surface area contributed by atoms with Crippen molar-refractivity contribution in [3.63, 3.8) is 0 Å². The van der Waals surface area contributed by atoms with Crippen molar-refractivity contribution in [2.75, 3.05) is 45.8 Å². The van der Waals surface area contributed by atoms with Crippen LogP contribution in [0.15, 0.2) is 6.20 Å². The maximum absolute atomic E-state index is 12.2. The molecule has 3 heterocycles. The summed E-state index contributed by atoms with van der Waals surface area (Å²) in [5, 5.41) is 1.22. The number of aromatic nitrogens is 1. The van der Waals surface area contributed by atoms with Crippen LogP contribution >= 0.6 is 11.3 Å². The topological polar surface area (TPSA) is 39.7 Å². The largest absolute Gasteiger partial charge is 0.342 e. The number of nitrogens with zero attached hydrogens (tertiary/aromatic N) is 4. The third kappa shape index (κ3) is 4.52. The Morgan fingerprint density at radius 3 is 2.39 bits per heavy atom. The van der Waals surface area contributed by atoms with E-state index in [0.29, 0.717) is 18.4 Å². The second kappa shape index (κ2) is 7.73. The normalized spacial score (nSPS) is 20.6. The van der Waals surface area contributed by atoms with Crippen molar-refractivity contribution >= 4 is 17.2 Å². The molecule has 2 aliphatic rings. The molecule has 1 aromatic heterocycles. The quantitative estimate of drug-likeness (QED) is 0.825. The van der Waals surface area contributed by atoms with Gasteiger partial charge < -0.3 is 4.90 Å². The van der Waals surface area contributed by atoms with Crippen LogP contribution in [0.5, 0.6) is 0 Å². The van der Waals surface area contributed by atoms with Crippen LogP contribution in [0, 0.1) is 0 Å². The highest BCUT2D eigenvalue weighted by atomic mass is 32.1. The predicted octanol–water partition coefficient (Wildman–Crippen LogP) is 2.01. The minimum Gasteiger partial charge on any atom is -0.342 e. The fraction of sp³-hybridized carbons (Fsp3) is 0.765. The monoisotopic (exact) mass is 336 g/mol. The van der Waals surface area contributed by atoms with Gasteiger partial charge in [-0.3, -0.25) is 14.6 Å². The minimum atomic E-state index is 0.317. The molecule has 6 heteroatoms.